The Morgan fingerprint density at radius 3 is 2.67 bits per heavy atom. The molecule has 0 aliphatic heterocycles. The van der Waals surface area contributed by atoms with Gasteiger partial charge in [0.1, 0.15) is 0 Å². The van der Waals surface area contributed by atoms with E-state index in [9.17, 15) is 4.79 Å². The van der Waals surface area contributed by atoms with Crippen LogP contribution in [0.3, 0.4) is 0 Å². The van der Waals surface area contributed by atoms with Crippen LogP contribution in [0.1, 0.15) is 31.4 Å². The molecular weight excluding hydrogens is 226 g/mol. The van der Waals surface area contributed by atoms with Gasteiger partial charge in [0.25, 0.3) is 0 Å². The third-order valence-corrected chi connectivity index (χ3v) is 3.64. The van der Waals surface area contributed by atoms with E-state index in [4.69, 9.17) is 5.73 Å². The van der Waals surface area contributed by atoms with Crippen molar-refractivity contribution in [2.45, 2.75) is 38.1 Å². The SMILES string of the molecule is Nc1ccc(CC(=O)N(CC2CC2)C2CC2)nc1. The van der Waals surface area contributed by atoms with E-state index in [0.29, 0.717) is 18.2 Å². The molecule has 18 heavy (non-hydrogen) atoms. The van der Waals surface area contributed by atoms with Crippen LogP contribution in [0, 0.1) is 5.92 Å². The zero-order valence-electron chi connectivity index (χ0n) is 10.5. The Kier molecular flexibility index (Phi) is 2.94. The largest absolute Gasteiger partial charge is 0.397 e. The summed E-state index contributed by atoms with van der Waals surface area (Å²) in [6.45, 7) is 0.957. The maximum Gasteiger partial charge on any atom is 0.228 e. The summed E-state index contributed by atoms with van der Waals surface area (Å²) in [6.07, 6.45) is 6.95. The van der Waals surface area contributed by atoms with Gasteiger partial charge >= 0.3 is 0 Å². The molecule has 2 saturated carbocycles. The zero-order chi connectivity index (χ0) is 12.5. The van der Waals surface area contributed by atoms with Gasteiger partial charge in [-0.3, -0.25) is 9.78 Å². The van der Waals surface area contributed by atoms with E-state index in [2.05, 4.69) is 9.88 Å². The van der Waals surface area contributed by atoms with Gasteiger partial charge < -0.3 is 10.6 Å². The highest BCUT2D eigenvalue weighted by Gasteiger charge is 2.36. The van der Waals surface area contributed by atoms with Gasteiger partial charge in [-0.1, -0.05) is 0 Å². The van der Waals surface area contributed by atoms with E-state index in [0.717, 1.165) is 18.2 Å². The van der Waals surface area contributed by atoms with Crippen molar-refractivity contribution >= 4 is 11.6 Å². The number of pyridine rings is 1. The van der Waals surface area contributed by atoms with Gasteiger partial charge in [0.2, 0.25) is 5.91 Å². The Labute approximate surface area is 107 Å². The molecule has 0 unspecified atom stereocenters. The molecule has 0 spiro atoms. The summed E-state index contributed by atoms with van der Waals surface area (Å²) in [5.74, 6) is 0.982. The van der Waals surface area contributed by atoms with Crippen molar-refractivity contribution in [2.75, 3.05) is 12.3 Å². The minimum atomic E-state index is 0.224. The van der Waals surface area contributed by atoms with Crippen LogP contribution in [0.15, 0.2) is 18.3 Å². The number of nitrogens with two attached hydrogens (primary N) is 1. The number of amides is 1. The Morgan fingerprint density at radius 2 is 2.11 bits per heavy atom. The topological polar surface area (TPSA) is 59.2 Å². The van der Waals surface area contributed by atoms with Crippen LogP contribution in [0.4, 0.5) is 5.69 Å². The lowest BCUT2D eigenvalue weighted by atomic mass is 10.2. The summed E-state index contributed by atoms with van der Waals surface area (Å²) < 4.78 is 0. The van der Waals surface area contributed by atoms with Crippen molar-refractivity contribution < 1.29 is 4.79 Å². The highest BCUT2D eigenvalue weighted by atomic mass is 16.2. The van der Waals surface area contributed by atoms with Gasteiger partial charge in [-0.2, -0.15) is 0 Å². The number of nitrogen functional groups attached to an aromatic ring is 1. The van der Waals surface area contributed by atoms with Gasteiger partial charge in [0.05, 0.1) is 18.3 Å². The number of rotatable bonds is 5. The van der Waals surface area contributed by atoms with Crippen LogP contribution in [0.2, 0.25) is 0 Å². The zero-order valence-corrected chi connectivity index (χ0v) is 10.5. The maximum absolute atomic E-state index is 12.3. The molecule has 0 aromatic carbocycles. The standard InChI is InChI=1S/C14H19N3O/c15-11-3-4-12(16-8-11)7-14(18)17(13-5-6-13)9-10-1-2-10/h3-4,8,10,13H,1-2,5-7,9,15H2. The number of hydrogen-bond donors (Lipinski definition) is 1. The van der Waals surface area contributed by atoms with Crippen molar-refractivity contribution in [1.29, 1.82) is 0 Å². The van der Waals surface area contributed by atoms with Crippen LogP contribution in [0.5, 0.6) is 0 Å². The molecule has 1 amide bonds. The van der Waals surface area contributed by atoms with Crippen molar-refractivity contribution in [3.63, 3.8) is 0 Å². The van der Waals surface area contributed by atoms with Gasteiger partial charge in [0.15, 0.2) is 0 Å². The first kappa shape index (κ1) is 11.5. The smallest absolute Gasteiger partial charge is 0.228 e. The highest BCUT2D eigenvalue weighted by Crippen LogP contribution is 2.35. The van der Waals surface area contributed by atoms with Crippen molar-refractivity contribution in [2.24, 2.45) is 5.92 Å². The molecular formula is C14H19N3O. The summed E-state index contributed by atoms with van der Waals surface area (Å²) in [5.41, 5.74) is 7.05. The molecule has 0 saturated heterocycles. The molecule has 2 N–H and O–H groups in total. The second kappa shape index (κ2) is 4.59. The number of carbonyl (C=O) groups is 1. The first-order chi connectivity index (χ1) is 8.72. The van der Waals surface area contributed by atoms with E-state index >= 15 is 0 Å². The lowest BCUT2D eigenvalue weighted by Gasteiger charge is -2.22. The van der Waals surface area contributed by atoms with Crippen molar-refractivity contribution in [1.82, 2.24) is 9.88 Å². The summed E-state index contributed by atoms with van der Waals surface area (Å²) in [4.78, 5) is 18.6. The molecule has 4 heteroatoms. The van der Waals surface area contributed by atoms with Gasteiger partial charge in [0, 0.05) is 18.3 Å². The molecule has 2 fully saturated rings. The first-order valence-corrected chi connectivity index (χ1v) is 6.72. The third-order valence-electron chi connectivity index (χ3n) is 3.64. The van der Waals surface area contributed by atoms with Crippen molar-refractivity contribution in [3.8, 4) is 0 Å². The first-order valence-electron chi connectivity index (χ1n) is 6.72. The summed E-state index contributed by atoms with van der Waals surface area (Å²) in [6, 6.07) is 4.15. The summed E-state index contributed by atoms with van der Waals surface area (Å²) in [7, 11) is 0. The molecule has 0 radical (unpaired) electrons. The Bertz CT molecular complexity index is 435. The molecule has 1 aromatic heterocycles. The van der Waals surface area contributed by atoms with Gasteiger partial charge in [-0.25, -0.2) is 0 Å². The van der Waals surface area contributed by atoms with E-state index in [1.165, 1.54) is 25.7 Å². The van der Waals surface area contributed by atoms with E-state index in [1.807, 2.05) is 6.07 Å². The molecule has 1 aromatic rings. The van der Waals surface area contributed by atoms with E-state index < -0.39 is 0 Å². The quantitative estimate of drug-likeness (QED) is 0.857. The fourth-order valence-corrected chi connectivity index (χ4v) is 2.22. The fourth-order valence-electron chi connectivity index (χ4n) is 2.22. The number of nitrogens with zero attached hydrogens (tertiary/aromatic N) is 2. The molecule has 2 aliphatic carbocycles. The molecule has 0 bridgehead atoms. The second-order valence-electron chi connectivity index (χ2n) is 5.48. The average Bonchev–Trinajstić information content (AvgIpc) is 3.23. The molecule has 3 rings (SSSR count). The lowest BCUT2D eigenvalue weighted by molar-refractivity contribution is -0.131. The Morgan fingerprint density at radius 1 is 1.33 bits per heavy atom. The second-order valence-corrected chi connectivity index (χ2v) is 5.48. The lowest BCUT2D eigenvalue weighted by Crippen LogP contribution is -2.36. The van der Waals surface area contributed by atoms with Crippen LogP contribution in [0.25, 0.3) is 0 Å². The molecule has 96 valence electrons. The van der Waals surface area contributed by atoms with Gasteiger partial charge in [-0.05, 0) is 43.7 Å². The summed E-state index contributed by atoms with van der Waals surface area (Å²) >= 11 is 0. The van der Waals surface area contributed by atoms with Crippen LogP contribution >= 0.6 is 0 Å². The van der Waals surface area contributed by atoms with Crippen molar-refractivity contribution in [3.05, 3.63) is 24.0 Å². The number of aromatic nitrogens is 1. The van der Waals surface area contributed by atoms with Crippen LogP contribution < -0.4 is 5.73 Å². The Balaban J connectivity index is 1.62. The summed E-state index contributed by atoms with van der Waals surface area (Å²) in [5, 5.41) is 0. The predicted octanol–water partition coefficient (Wildman–Crippen LogP) is 1.61. The highest BCUT2D eigenvalue weighted by molar-refractivity contribution is 5.79. The predicted molar refractivity (Wildman–Crippen MR) is 69.8 cm³/mol. The number of hydrogen-bond acceptors (Lipinski definition) is 3. The normalized spacial score (nSPS) is 18.7. The van der Waals surface area contributed by atoms with Gasteiger partial charge in [-0.15, -0.1) is 0 Å². The van der Waals surface area contributed by atoms with E-state index in [1.54, 1.807) is 12.3 Å². The minimum Gasteiger partial charge on any atom is -0.397 e. The average molecular weight is 245 g/mol. The molecule has 1 heterocycles. The third kappa shape index (κ3) is 2.81. The Hall–Kier alpha value is -1.58. The van der Waals surface area contributed by atoms with Crippen LogP contribution in [-0.4, -0.2) is 28.4 Å². The fraction of sp³-hybridized carbons (Fsp3) is 0.571. The minimum absolute atomic E-state index is 0.224. The molecule has 2 aliphatic rings. The molecule has 0 atom stereocenters. The maximum atomic E-state index is 12.3. The number of carbonyl (C=O) groups excluding carboxylic acids is 1. The van der Waals surface area contributed by atoms with E-state index in [-0.39, 0.29) is 5.91 Å². The number of anilines is 1. The monoisotopic (exact) mass is 245 g/mol. The molecule has 4 nitrogen and oxygen atoms in total. The van der Waals surface area contributed by atoms with Crippen LogP contribution in [-0.2, 0) is 11.2 Å².